The van der Waals surface area contributed by atoms with Gasteiger partial charge in [-0.2, -0.15) is 0 Å². The normalized spacial score (nSPS) is 11.0. The number of thiophene rings is 1. The molecule has 0 saturated carbocycles. The van der Waals surface area contributed by atoms with Gasteiger partial charge in [0, 0.05) is 22.0 Å². The molecule has 164 valence electrons. The Bertz CT molecular complexity index is 1340. The number of carbonyl (C=O) groups excluding carboxylic acids is 1. The average molecular weight is 486 g/mol. The third-order valence-electron chi connectivity index (χ3n) is 4.80. The van der Waals surface area contributed by atoms with Gasteiger partial charge in [0.2, 0.25) is 5.91 Å². The Balaban J connectivity index is 1.42. The van der Waals surface area contributed by atoms with Crippen molar-refractivity contribution in [2.45, 2.75) is 12.7 Å². The van der Waals surface area contributed by atoms with Crippen molar-refractivity contribution in [1.82, 2.24) is 9.97 Å². The van der Waals surface area contributed by atoms with Gasteiger partial charge in [0.05, 0.1) is 29.7 Å². The van der Waals surface area contributed by atoms with Gasteiger partial charge in [-0.25, -0.2) is 4.98 Å². The zero-order valence-corrected chi connectivity index (χ0v) is 19.8. The molecule has 2 aromatic carbocycles. The van der Waals surface area contributed by atoms with Crippen molar-refractivity contribution < 1.29 is 9.53 Å². The highest BCUT2D eigenvalue weighted by Crippen LogP contribution is 2.32. The van der Waals surface area contributed by atoms with Crippen LogP contribution in [0.3, 0.4) is 0 Å². The highest BCUT2D eigenvalue weighted by molar-refractivity contribution is 7.99. The SMILES string of the molecule is COc1cc(Cl)c(C)cc1NC(=O)CSCc1nc2scc(-c3ccccc3)c2c(=O)[nH]1. The van der Waals surface area contributed by atoms with Gasteiger partial charge in [-0.05, 0) is 24.1 Å². The first-order chi connectivity index (χ1) is 15.5. The van der Waals surface area contributed by atoms with E-state index in [1.165, 1.54) is 30.2 Å². The minimum absolute atomic E-state index is 0.170. The summed E-state index contributed by atoms with van der Waals surface area (Å²) in [6.45, 7) is 1.86. The van der Waals surface area contributed by atoms with Gasteiger partial charge in [-0.3, -0.25) is 9.59 Å². The monoisotopic (exact) mass is 485 g/mol. The second-order valence-corrected chi connectivity index (χ2v) is 9.30. The number of nitrogens with zero attached hydrogens (tertiary/aromatic N) is 1. The van der Waals surface area contributed by atoms with Crippen LogP contribution in [0.15, 0.2) is 52.6 Å². The van der Waals surface area contributed by atoms with E-state index >= 15 is 0 Å². The molecule has 0 bridgehead atoms. The number of anilines is 1. The molecule has 2 aromatic heterocycles. The quantitative estimate of drug-likeness (QED) is 0.361. The van der Waals surface area contributed by atoms with Crippen LogP contribution in [0, 0.1) is 6.92 Å². The number of carbonyl (C=O) groups is 1. The number of hydrogen-bond donors (Lipinski definition) is 2. The molecule has 0 aliphatic carbocycles. The lowest BCUT2D eigenvalue weighted by Gasteiger charge is -2.12. The molecule has 32 heavy (non-hydrogen) atoms. The molecule has 0 aliphatic rings. The van der Waals surface area contributed by atoms with Crippen molar-refractivity contribution >= 4 is 56.5 Å². The molecule has 0 radical (unpaired) electrons. The summed E-state index contributed by atoms with van der Waals surface area (Å²) in [7, 11) is 1.53. The maximum atomic E-state index is 12.7. The summed E-state index contributed by atoms with van der Waals surface area (Å²) in [5.41, 5.74) is 3.11. The second-order valence-electron chi connectivity index (χ2n) is 7.05. The number of aryl methyl sites for hydroxylation is 1. The first-order valence-corrected chi connectivity index (χ1v) is 12.1. The number of rotatable bonds is 7. The lowest BCUT2D eigenvalue weighted by atomic mass is 10.1. The molecule has 6 nitrogen and oxygen atoms in total. The summed E-state index contributed by atoms with van der Waals surface area (Å²) in [4.78, 5) is 33.2. The van der Waals surface area contributed by atoms with Crippen molar-refractivity contribution in [2.24, 2.45) is 0 Å². The van der Waals surface area contributed by atoms with E-state index in [2.05, 4.69) is 15.3 Å². The lowest BCUT2D eigenvalue weighted by Crippen LogP contribution is -2.16. The highest BCUT2D eigenvalue weighted by atomic mass is 35.5. The third-order valence-corrected chi connectivity index (χ3v) is 7.03. The number of ether oxygens (including phenoxy) is 1. The predicted molar refractivity (Wildman–Crippen MR) is 133 cm³/mol. The van der Waals surface area contributed by atoms with Gasteiger partial charge in [0.15, 0.2) is 0 Å². The Kier molecular flexibility index (Phi) is 6.83. The summed E-state index contributed by atoms with van der Waals surface area (Å²) in [5.74, 6) is 1.48. The van der Waals surface area contributed by atoms with E-state index in [1.807, 2.05) is 42.6 Å². The number of benzene rings is 2. The van der Waals surface area contributed by atoms with Crippen LogP contribution in [0.25, 0.3) is 21.3 Å². The molecule has 0 aliphatic heterocycles. The molecular weight excluding hydrogens is 466 g/mol. The summed E-state index contributed by atoms with van der Waals surface area (Å²) < 4.78 is 5.29. The minimum Gasteiger partial charge on any atom is -0.495 e. The molecule has 9 heteroatoms. The maximum Gasteiger partial charge on any atom is 0.260 e. The van der Waals surface area contributed by atoms with Crippen molar-refractivity contribution in [1.29, 1.82) is 0 Å². The van der Waals surface area contributed by atoms with Crippen LogP contribution in [-0.4, -0.2) is 28.7 Å². The second kappa shape index (κ2) is 9.77. The first-order valence-electron chi connectivity index (χ1n) is 9.74. The summed E-state index contributed by atoms with van der Waals surface area (Å²) in [6, 6.07) is 13.2. The minimum atomic E-state index is -0.180. The number of fused-ring (bicyclic) bond motifs is 1. The van der Waals surface area contributed by atoms with Crippen molar-refractivity contribution in [2.75, 3.05) is 18.2 Å². The van der Waals surface area contributed by atoms with Gasteiger partial charge >= 0.3 is 0 Å². The number of halogens is 1. The molecule has 0 fully saturated rings. The molecule has 4 rings (SSSR count). The molecular formula is C23H20ClN3O3S2. The summed E-state index contributed by atoms with van der Waals surface area (Å²) in [5, 5.41) is 5.97. The molecule has 0 atom stereocenters. The van der Waals surface area contributed by atoms with Crippen molar-refractivity contribution in [3.63, 3.8) is 0 Å². The number of nitrogens with one attached hydrogen (secondary N) is 2. The smallest absolute Gasteiger partial charge is 0.260 e. The number of thioether (sulfide) groups is 1. The Hall–Kier alpha value is -2.81. The van der Waals surface area contributed by atoms with Crippen LogP contribution in [0.5, 0.6) is 5.75 Å². The zero-order chi connectivity index (χ0) is 22.7. The lowest BCUT2D eigenvalue weighted by molar-refractivity contribution is -0.113. The molecule has 2 heterocycles. The number of hydrogen-bond acceptors (Lipinski definition) is 6. The predicted octanol–water partition coefficient (Wildman–Crippen LogP) is 5.49. The van der Waals surface area contributed by atoms with E-state index in [0.29, 0.717) is 38.3 Å². The van der Waals surface area contributed by atoms with E-state index in [0.717, 1.165) is 16.7 Å². The molecule has 0 saturated heterocycles. The van der Waals surface area contributed by atoms with Crippen molar-refractivity contribution in [3.8, 4) is 16.9 Å². The fourth-order valence-electron chi connectivity index (χ4n) is 3.25. The van der Waals surface area contributed by atoms with Crippen LogP contribution >= 0.6 is 34.7 Å². The van der Waals surface area contributed by atoms with E-state index in [1.54, 1.807) is 12.1 Å². The summed E-state index contributed by atoms with van der Waals surface area (Å²) >= 11 is 8.92. The highest BCUT2D eigenvalue weighted by Gasteiger charge is 2.14. The molecule has 1 amide bonds. The number of H-pyrrole nitrogens is 1. The zero-order valence-electron chi connectivity index (χ0n) is 17.4. The van der Waals surface area contributed by atoms with Gasteiger partial charge < -0.3 is 15.0 Å². The van der Waals surface area contributed by atoms with Crippen LogP contribution < -0.4 is 15.6 Å². The van der Waals surface area contributed by atoms with Gasteiger partial charge in [-0.1, -0.05) is 41.9 Å². The molecule has 2 N–H and O–H groups in total. The number of amides is 1. The van der Waals surface area contributed by atoms with Crippen LogP contribution in [-0.2, 0) is 10.5 Å². The van der Waals surface area contributed by atoms with Gasteiger partial charge in [-0.15, -0.1) is 23.1 Å². The number of aromatic nitrogens is 2. The Morgan fingerprint density at radius 2 is 2.06 bits per heavy atom. The van der Waals surface area contributed by atoms with E-state index in [4.69, 9.17) is 16.3 Å². The number of aromatic amines is 1. The summed E-state index contributed by atoms with van der Waals surface area (Å²) in [6.07, 6.45) is 0. The van der Waals surface area contributed by atoms with Gasteiger partial charge in [0.1, 0.15) is 16.4 Å². The van der Waals surface area contributed by atoms with E-state index < -0.39 is 0 Å². The van der Waals surface area contributed by atoms with E-state index in [9.17, 15) is 9.59 Å². The molecule has 4 aromatic rings. The van der Waals surface area contributed by atoms with Crippen LogP contribution in [0.2, 0.25) is 5.02 Å². The van der Waals surface area contributed by atoms with Crippen LogP contribution in [0.4, 0.5) is 5.69 Å². The Morgan fingerprint density at radius 1 is 1.28 bits per heavy atom. The number of methoxy groups -OCH3 is 1. The topological polar surface area (TPSA) is 84.1 Å². The average Bonchev–Trinajstić information content (AvgIpc) is 3.21. The Labute approximate surface area is 198 Å². The Morgan fingerprint density at radius 3 is 2.81 bits per heavy atom. The third kappa shape index (κ3) is 4.82. The van der Waals surface area contributed by atoms with E-state index in [-0.39, 0.29) is 17.2 Å². The standard InChI is InChI=1S/C23H20ClN3O3S2/c1-13-8-17(18(30-2)9-16(13)24)25-20(28)12-31-11-19-26-22(29)21-15(10-32-23(21)27-19)14-6-4-3-5-7-14/h3-10H,11-12H2,1-2H3,(H,25,28)(H,26,27,29). The largest absolute Gasteiger partial charge is 0.495 e. The van der Waals surface area contributed by atoms with Crippen molar-refractivity contribution in [3.05, 3.63) is 74.6 Å². The fraction of sp³-hybridized carbons (Fsp3) is 0.174. The molecule has 0 spiro atoms. The first kappa shape index (κ1) is 22.4. The molecule has 0 unspecified atom stereocenters. The fourth-order valence-corrected chi connectivity index (χ4v) is 5.06. The van der Waals surface area contributed by atoms with Crippen LogP contribution in [0.1, 0.15) is 11.4 Å². The maximum absolute atomic E-state index is 12.7. The van der Waals surface area contributed by atoms with Gasteiger partial charge in [0.25, 0.3) is 5.56 Å².